The number of rotatable bonds is 6. The van der Waals surface area contributed by atoms with E-state index in [1.54, 1.807) is 38.5 Å². The van der Waals surface area contributed by atoms with Crippen molar-refractivity contribution in [1.29, 1.82) is 0 Å². The Kier molecular flexibility index (Phi) is 5.69. The molecule has 1 aliphatic carbocycles. The molecule has 0 aliphatic heterocycles. The van der Waals surface area contributed by atoms with E-state index in [9.17, 15) is 9.90 Å². The number of hydrogen-bond donors (Lipinski definition) is 1. The van der Waals surface area contributed by atoms with Crippen molar-refractivity contribution >= 4 is 11.9 Å². The number of ketones is 1. The van der Waals surface area contributed by atoms with Crippen molar-refractivity contribution in [2.75, 3.05) is 21.3 Å². The quantitative estimate of drug-likeness (QED) is 0.612. The van der Waals surface area contributed by atoms with E-state index >= 15 is 0 Å². The van der Waals surface area contributed by atoms with Gasteiger partial charge < -0.3 is 19.3 Å². The number of methoxy groups -OCH3 is 3. The Morgan fingerprint density at radius 2 is 1.52 bits per heavy atom. The van der Waals surface area contributed by atoms with Gasteiger partial charge in [-0.15, -0.1) is 0 Å². The second-order valence-electron chi connectivity index (χ2n) is 6.50. The highest BCUT2D eigenvalue weighted by Crippen LogP contribution is 2.38. The van der Waals surface area contributed by atoms with Crippen LogP contribution in [0.15, 0.2) is 30.3 Å². The summed E-state index contributed by atoms with van der Waals surface area (Å²) < 4.78 is 16.0. The third kappa shape index (κ3) is 3.92. The van der Waals surface area contributed by atoms with Gasteiger partial charge in [-0.25, -0.2) is 0 Å². The molecule has 0 aromatic heterocycles. The summed E-state index contributed by atoms with van der Waals surface area (Å²) >= 11 is 0. The molecular weight excluding hydrogens is 344 g/mol. The van der Waals surface area contributed by atoms with Gasteiger partial charge in [-0.1, -0.05) is 6.08 Å². The summed E-state index contributed by atoms with van der Waals surface area (Å²) in [5.74, 6) is 1.32. The first kappa shape index (κ1) is 18.8. The van der Waals surface area contributed by atoms with E-state index in [0.717, 1.165) is 42.4 Å². The zero-order valence-electron chi connectivity index (χ0n) is 15.9. The molecule has 0 saturated heterocycles. The zero-order valence-corrected chi connectivity index (χ0v) is 15.9. The minimum atomic E-state index is -0.241. The van der Waals surface area contributed by atoms with Crippen molar-refractivity contribution < 1.29 is 24.1 Å². The third-order valence-electron chi connectivity index (χ3n) is 4.84. The van der Waals surface area contributed by atoms with Crippen molar-refractivity contribution in [1.82, 2.24) is 0 Å². The van der Waals surface area contributed by atoms with Gasteiger partial charge in [0.1, 0.15) is 5.75 Å². The molecule has 27 heavy (non-hydrogen) atoms. The summed E-state index contributed by atoms with van der Waals surface area (Å²) in [6, 6.07) is 7.08. The van der Waals surface area contributed by atoms with Crippen LogP contribution >= 0.6 is 0 Å². The highest BCUT2D eigenvalue weighted by atomic mass is 16.5. The summed E-state index contributed by atoms with van der Waals surface area (Å²) in [4.78, 5) is 12.6. The number of aryl methyl sites for hydroxylation is 2. The van der Waals surface area contributed by atoms with E-state index in [2.05, 4.69) is 0 Å². The number of phenolic OH excluding ortho intramolecular Hbond substituents is 1. The fourth-order valence-corrected chi connectivity index (χ4v) is 3.43. The average molecular weight is 368 g/mol. The van der Waals surface area contributed by atoms with Crippen LogP contribution in [0.1, 0.15) is 39.9 Å². The number of phenols is 1. The second kappa shape index (κ2) is 8.16. The summed E-state index contributed by atoms with van der Waals surface area (Å²) in [6.07, 6.45) is 7.27. The molecule has 5 nitrogen and oxygen atoms in total. The molecule has 1 aliphatic rings. The standard InChI is InChI=1S/C22H24O5/c1-25-20-10-14(11-21(26-2)22(20)27-3)8-9-18(23)17-12-15-6-4-5-7-16(15)13-19(17)24/h8-13,24H,4-7H2,1-3H3. The lowest BCUT2D eigenvalue weighted by Crippen LogP contribution is -2.05. The van der Waals surface area contributed by atoms with Crippen molar-refractivity contribution in [3.05, 3.63) is 52.6 Å². The van der Waals surface area contributed by atoms with Gasteiger partial charge in [-0.2, -0.15) is 0 Å². The Bertz CT molecular complexity index is 858. The maximum absolute atomic E-state index is 12.6. The molecular formula is C22H24O5. The maximum atomic E-state index is 12.6. The minimum absolute atomic E-state index is 0.0372. The number of allylic oxidation sites excluding steroid dienone is 1. The first-order chi connectivity index (χ1) is 13.1. The highest BCUT2D eigenvalue weighted by Gasteiger charge is 2.17. The highest BCUT2D eigenvalue weighted by molar-refractivity contribution is 6.08. The molecule has 0 heterocycles. The molecule has 2 aromatic carbocycles. The van der Waals surface area contributed by atoms with Gasteiger partial charge in [-0.05, 0) is 72.7 Å². The number of aromatic hydroxyl groups is 1. The summed E-state index contributed by atoms with van der Waals surface area (Å²) in [7, 11) is 4.63. The first-order valence-corrected chi connectivity index (χ1v) is 8.94. The van der Waals surface area contributed by atoms with E-state index < -0.39 is 0 Å². The van der Waals surface area contributed by atoms with Crippen molar-refractivity contribution in [3.63, 3.8) is 0 Å². The van der Waals surface area contributed by atoms with Crippen molar-refractivity contribution in [2.45, 2.75) is 25.7 Å². The van der Waals surface area contributed by atoms with Crippen molar-refractivity contribution in [3.8, 4) is 23.0 Å². The maximum Gasteiger partial charge on any atom is 0.203 e. The molecule has 0 atom stereocenters. The fourth-order valence-electron chi connectivity index (χ4n) is 3.43. The number of hydrogen-bond acceptors (Lipinski definition) is 5. The molecule has 1 N–H and O–H groups in total. The van der Waals surface area contributed by atoms with E-state index in [0.29, 0.717) is 22.8 Å². The monoisotopic (exact) mass is 368 g/mol. The Hall–Kier alpha value is -2.95. The van der Waals surface area contributed by atoms with Gasteiger partial charge in [-0.3, -0.25) is 4.79 Å². The number of carbonyl (C=O) groups is 1. The van der Waals surface area contributed by atoms with E-state index in [-0.39, 0.29) is 11.5 Å². The SMILES string of the molecule is COc1cc(C=CC(=O)c2cc3c(cc2O)CCCC3)cc(OC)c1OC. The lowest BCUT2D eigenvalue weighted by Gasteiger charge is -2.17. The van der Waals surface area contributed by atoms with Gasteiger partial charge in [0.15, 0.2) is 17.3 Å². The molecule has 0 spiro atoms. The van der Waals surface area contributed by atoms with E-state index in [4.69, 9.17) is 14.2 Å². The Morgan fingerprint density at radius 3 is 2.07 bits per heavy atom. The molecule has 2 aromatic rings. The molecule has 0 bridgehead atoms. The number of fused-ring (bicyclic) bond motifs is 1. The van der Waals surface area contributed by atoms with Gasteiger partial charge in [0.2, 0.25) is 5.75 Å². The third-order valence-corrected chi connectivity index (χ3v) is 4.84. The van der Waals surface area contributed by atoms with Crippen LogP contribution in [-0.4, -0.2) is 32.2 Å². The number of benzene rings is 2. The number of carbonyl (C=O) groups excluding carboxylic acids is 1. The second-order valence-corrected chi connectivity index (χ2v) is 6.50. The lowest BCUT2D eigenvalue weighted by molar-refractivity contribution is 0.104. The summed E-state index contributed by atoms with van der Waals surface area (Å²) in [5, 5.41) is 10.3. The van der Waals surface area contributed by atoms with Crippen LogP contribution in [0.5, 0.6) is 23.0 Å². The fraction of sp³-hybridized carbons (Fsp3) is 0.318. The molecule has 0 fully saturated rings. The molecule has 142 valence electrons. The van der Waals surface area contributed by atoms with Gasteiger partial charge in [0.05, 0.1) is 26.9 Å². The lowest BCUT2D eigenvalue weighted by atomic mass is 9.89. The van der Waals surface area contributed by atoms with Crippen LogP contribution in [0.2, 0.25) is 0 Å². The Morgan fingerprint density at radius 1 is 0.926 bits per heavy atom. The van der Waals surface area contributed by atoms with Crippen LogP contribution < -0.4 is 14.2 Å². The number of ether oxygens (including phenoxy) is 3. The predicted molar refractivity (Wildman–Crippen MR) is 104 cm³/mol. The Balaban J connectivity index is 1.89. The molecule has 5 heteroatoms. The Labute approximate surface area is 159 Å². The smallest absolute Gasteiger partial charge is 0.203 e. The largest absolute Gasteiger partial charge is 0.507 e. The van der Waals surface area contributed by atoms with Gasteiger partial charge in [0, 0.05) is 0 Å². The molecule has 3 rings (SSSR count). The van der Waals surface area contributed by atoms with Crippen LogP contribution in [0, 0.1) is 0 Å². The summed E-state index contributed by atoms with van der Waals surface area (Å²) in [6.45, 7) is 0. The van der Waals surface area contributed by atoms with Gasteiger partial charge in [0.25, 0.3) is 0 Å². The first-order valence-electron chi connectivity index (χ1n) is 8.94. The van der Waals surface area contributed by atoms with Crippen LogP contribution in [0.25, 0.3) is 6.08 Å². The topological polar surface area (TPSA) is 65.0 Å². The molecule has 0 amide bonds. The van der Waals surface area contributed by atoms with E-state index in [1.165, 1.54) is 13.2 Å². The van der Waals surface area contributed by atoms with E-state index in [1.807, 2.05) is 6.07 Å². The zero-order chi connectivity index (χ0) is 19.4. The summed E-state index contributed by atoms with van der Waals surface area (Å²) in [5.41, 5.74) is 3.36. The van der Waals surface area contributed by atoms with Crippen LogP contribution in [0.4, 0.5) is 0 Å². The minimum Gasteiger partial charge on any atom is -0.507 e. The van der Waals surface area contributed by atoms with Gasteiger partial charge >= 0.3 is 0 Å². The molecule has 0 saturated carbocycles. The van der Waals surface area contributed by atoms with Crippen LogP contribution in [0.3, 0.4) is 0 Å². The molecule has 0 unspecified atom stereocenters. The molecule has 0 radical (unpaired) electrons. The predicted octanol–water partition coefficient (Wildman–Crippen LogP) is 4.19. The van der Waals surface area contributed by atoms with Crippen LogP contribution in [-0.2, 0) is 12.8 Å². The normalized spacial score (nSPS) is 13.3. The van der Waals surface area contributed by atoms with Crippen molar-refractivity contribution in [2.24, 2.45) is 0 Å². The average Bonchev–Trinajstić information content (AvgIpc) is 2.70.